The summed E-state index contributed by atoms with van der Waals surface area (Å²) in [5.74, 6) is 0. The molecule has 1 saturated heterocycles. The van der Waals surface area contributed by atoms with Gasteiger partial charge in [-0.3, -0.25) is 4.68 Å². The van der Waals surface area contributed by atoms with Crippen LogP contribution in [0, 0.1) is 13.8 Å². The van der Waals surface area contributed by atoms with Crippen LogP contribution in [0.5, 0.6) is 0 Å². The van der Waals surface area contributed by atoms with E-state index in [4.69, 9.17) is 17.3 Å². The lowest BCUT2D eigenvalue weighted by Crippen LogP contribution is -2.68. The van der Waals surface area contributed by atoms with Gasteiger partial charge in [0.1, 0.15) is 11.2 Å². The second-order valence-electron chi connectivity index (χ2n) is 7.83. The predicted molar refractivity (Wildman–Crippen MR) is 111 cm³/mol. The lowest BCUT2D eigenvalue weighted by Gasteiger charge is -2.50. The number of urea groups is 1. The Morgan fingerprint density at radius 3 is 2.55 bits per heavy atom. The number of benzene rings is 1. The molecule has 2 amide bonds. The molecule has 2 aromatic heterocycles. The summed E-state index contributed by atoms with van der Waals surface area (Å²) in [6, 6.07) is 6.83. The van der Waals surface area contributed by atoms with Crippen LogP contribution < -0.4 is 11.1 Å². The van der Waals surface area contributed by atoms with Crippen LogP contribution in [-0.4, -0.2) is 45.3 Å². The minimum atomic E-state index is -4.60. The molecule has 3 heterocycles. The largest absolute Gasteiger partial charge is 0.433 e. The van der Waals surface area contributed by atoms with Crippen molar-refractivity contribution < 1.29 is 18.0 Å². The summed E-state index contributed by atoms with van der Waals surface area (Å²) in [6.45, 7) is 4.53. The number of carbonyl (C=O) groups is 1. The zero-order chi connectivity index (χ0) is 22.6. The van der Waals surface area contributed by atoms with Gasteiger partial charge in [-0.1, -0.05) is 11.6 Å². The number of pyridine rings is 1. The summed E-state index contributed by atoms with van der Waals surface area (Å²) in [4.78, 5) is 16.8. The number of aryl methyl sites for hydroxylation is 2. The van der Waals surface area contributed by atoms with E-state index in [9.17, 15) is 18.0 Å². The second-order valence-corrected chi connectivity index (χ2v) is 8.26. The number of nitrogens with one attached hydrogen (secondary N) is 1. The Hall–Kier alpha value is -3.01. The maximum absolute atomic E-state index is 13.4. The van der Waals surface area contributed by atoms with Crippen LogP contribution in [0.25, 0.3) is 10.9 Å². The minimum Gasteiger partial charge on any atom is -0.382 e. The number of alkyl halides is 3. The topological polar surface area (TPSA) is 89.1 Å². The quantitative estimate of drug-likeness (QED) is 0.628. The van der Waals surface area contributed by atoms with Crippen LogP contribution >= 0.6 is 11.6 Å². The van der Waals surface area contributed by atoms with Gasteiger partial charge in [0.05, 0.1) is 24.3 Å². The Bertz CT molecular complexity index is 1170. The molecule has 164 valence electrons. The third kappa shape index (κ3) is 3.87. The summed E-state index contributed by atoms with van der Waals surface area (Å²) in [5.41, 5.74) is 5.84. The predicted octanol–water partition coefficient (Wildman–Crippen LogP) is 3.92. The zero-order valence-electron chi connectivity index (χ0n) is 16.8. The highest BCUT2D eigenvalue weighted by molar-refractivity contribution is 6.31. The van der Waals surface area contributed by atoms with Gasteiger partial charge in [0.25, 0.3) is 0 Å². The van der Waals surface area contributed by atoms with Gasteiger partial charge >= 0.3 is 12.2 Å². The molecule has 31 heavy (non-hydrogen) atoms. The van der Waals surface area contributed by atoms with E-state index in [0.717, 1.165) is 17.5 Å². The number of fused-ring (bicyclic) bond motifs is 1. The van der Waals surface area contributed by atoms with Crippen LogP contribution in [0.15, 0.2) is 30.3 Å². The number of nitrogens with zero attached hydrogens (tertiary/aromatic N) is 4. The van der Waals surface area contributed by atoms with Crippen molar-refractivity contribution in [2.75, 3.05) is 25.0 Å². The molecule has 0 saturated carbocycles. The number of anilines is 1. The Morgan fingerprint density at radius 1 is 1.26 bits per heavy atom. The minimum absolute atomic E-state index is 0.175. The monoisotopic (exact) mass is 452 g/mol. The number of nitrogens with two attached hydrogens (primary N) is 1. The van der Waals surface area contributed by atoms with E-state index in [0.29, 0.717) is 10.4 Å². The molecule has 1 aromatic carbocycles. The molecule has 7 nitrogen and oxygen atoms in total. The van der Waals surface area contributed by atoms with Gasteiger partial charge in [-0.05, 0) is 44.2 Å². The molecule has 0 unspecified atom stereocenters. The first-order chi connectivity index (χ1) is 14.5. The van der Waals surface area contributed by atoms with Gasteiger partial charge in [0.2, 0.25) is 0 Å². The number of hydrogen-bond acceptors (Lipinski definition) is 4. The summed E-state index contributed by atoms with van der Waals surface area (Å²) in [6.07, 6.45) is -4.60. The van der Waals surface area contributed by atoms with E-state index in [1.807, 2.05) is 19.9 Å². The van der Waals surface area contributed by atoms with Crippen LogP contribution in [0.2, 0.25) is 5.02 Å². The summed E-state index contributed by atoms with van der Waals surface area (Å²) >= 11 is 6.07. The molecule has 4 rings (SSSR count). The number of amides is 2. The van der Waals surface area contributed by atoms with E-state index in [1.54, 1.807) is 10.7 Å². The van der Waals surface area contributed by atoms with Crippen LogP contribution in [0.1, 0.15) is 17.1 Å². The lowest BCUT2D eigenvalue weighted by molar-refractivity contribution is -0.140. The van der Waals surface area contributed by atoms with Gasteiger partial charge in [-0.25, -0.2) is 9.78 Å². The van der Waals surface area contributed by atoms with Crippen molar-refractivity contribution in [1.29, 1.82) is 0 Å². The number of halogens is 4. The highest BCUT2D eigenvalue weighted by Crippen LogP contribution is 2.36. The van der Waals surface area contributed by atoms with Crippen molar-refractivity contribution in [3.63, 3.8) is 0 Å². The summed E-state index contributed by atoms with van der Waals surface area (Å²) in [5, 5.41) is 8.51. The van der Waals surface area contributed by atoms with E-state index in [1.165, 1.54) is 17.0 Å². The second kappa shape index (κ2) is 7.30. The molecule has 1 aliphatic heterocycles. The normalized spacial score (nSPS) is 15.7. The smallest absolute Gasteiger partial charge is 0.382 e. The lowest BCUT2D eigenvalue weighted by atomic mass is 9.89. The third-order valence-corrected chi connectivity index (χ3v) is 5.65. The number of primary amides is 1. The summed E-state index contributed by atoms with van der Waals surface area (Å²) in [7, 11) is 0. The standard InChI is InChI=1S/C20H20ClF3N6O/c1-11-5-12(2)30(28-11)19(9-29(10-19)18(25)31)8-26-16-7-17(20(22,23)24)27-15-4-3-13(21)6-14(15)16/h3-7H,8-10H2,1-2H3,(H2,25,31)(H,26,27). The Balaban J connectivity index is 1.73. The first-order valence-electron chi connectivity index (χ1n) is 9.48. The van der Waals surface area contributed by atoms with Crippen LogP contribution in [0.4, 0.5) is 23.7 Å². The maximum Gasteiger partial charge on any atom is 0.433 e. The highest BCUT2D eigenvalue weighted by atomic mass is 35.5. The molecular formula is C20H20ClF3N6O. The van der Waals surface area contributed by atoms with Gasteiger partial charge in [0, 0.05) is 28.3 Å². The molecule has 3 N–H and O–H groups in total. The van der Waals surface area contributed by atoms with Crippen LogP contribution in [0.3, 0.4) is 0 Å². The van der Waals surface area contributed by atoms with E-state index >= 15 is 0 Å². The Labute approximate surface area is 181 Å². The van der Waals surface area contributed by atoms with E-state index in [-0.39, 0.29) is 30.8 Å². The maximum atomic E-state index is 13.4. The van der Waals surface area contributed by atoms with Gasteiger partial charge in [-0.2, -0.15) is 18.3 Å². The van der Waals surface area contributed by atoms with Crippen molar-refractivity contribution in [2.24, 2.45) is 5.73 Å². The molecule has 0 bridgehead atoms. The third-order valence-electron chi connectivity index (χ3n) is 5.41. The average molecular weight is 453 g/mol. The highest BCUT2D eigenvalue weighted by Gasteiger charge is 2.48. The molecule has 0 atom stereocenters. The number of rotatable bonds is 4. The first-order valence-corrected chi connectivity index (χ1v) is 9.86. The average Bonchev–Trinajstić information content (AvgIpc) is 2.98. The van der Waals surface area contributed by atoms with Crippen molar-refractivity contribution in [3.8, 4) is 0 Å². The van der Waals surface area contributed by atoms with Crippen molar-refractivity contribution in [1.82, 2.24) is 19.7 Å². The fourth-order valence-corrected chi connectivity index (χ4v) is 4.17. The van der Waals surface area contributed by atoms with Crippen LogP contribution in [-0.2, 0) is 11.7 Å². The fourth-order valence-electron chi connectivity index (χ4n) is 4.00. The van der Waals surface area contributed by atoms with Gasteiger partial charge in [0.15, 0.2) is 0 Å². The zero-order valence-corrected chi connectivity index (χ0v) is 17.6. The number of aromatic nitrogens is 3. The Morgan fingerprint density at radius 2 is 1.97 bits per heavy atom. The molecule has 3 aromatic rings. The van der Waals surface area contributed by atoms with E-state index in [2.05, 4.69) is 15.4 Å². The van der Waals surface area contributed by atoms with Crippen molar-refractivity contribution >= 4 is 34.2 Å². The van der Waals surface area contributed by atoms with Gasteiger partial charge < -0.3 is 16.0 Å². The molecule has 0 aliphatic carbocycles. The number of likely N-dealkylation sites (tertiary alicyclic amines) is 1. The number of carbonyl (C=O) groups excluding carboxylic acids is 1. The first kappa shape index (κ1) is 21.2. The molecule has 11 heteroatoms. The molecule has 1 aliphatic rings. The molecule has 1 fully saturated rings. The van der Waals surface area contributed by atoms with Crippen molar-refractivity contribution in [2.45, 2.75) is 25.6 Å². The molecule has 0 radical (unpaired) electrons. The summed E-state index contributed by atoms with van der Waals surface area (Å²) < 4.78 is 42.0. The molecule has 0 spiro atoms. The van der Waals surface area contributed by atoms with E-state index < -0.39 is 23.4 Å². The van der Waals surface area contributed by atoms with Gasteiger partial charge in [-0.15, -0.1) is 0 Å². The van der Waals surface area contributed by atoms with Crippen molar-refractivity contribution in [3.05, 3.63) is 52.4 Å². The fraction of sp³-hybridized carbons (Fsp3) is 0.350. The number of hydrogen-bond donors (Lipinski definition) is 2. The Kier molecular flexibility index (Phi) is 5.00. The SMILES string of the molecule is Cc1cc(C)n(C2(CNc3cc(C(F)(F)F)nc4ccc(Cl)cc34)CN(C(N)=O)C2)n1. The molecular weight excluding hydrogens is 433 g/mol.